The summed E-state index contributed by atoms with van der Waals surface area (Å²) in [5, 5.41) is 1.90. The Hall–Kier alpha value is -1.00. The van der Waals surface area contributed by atoms with Crippen LogP contribution < -0.4 is 0 Å². The van der Waals surface area contributed by atoms with E-state index in [9.17, 15) is 0 Å². The predicted molar refractivity (Wildman–Crippen MR) is 70.1 cm³/mol. The van der Waals surface area contributed by atoms with Gasteiger partial charge < -0.3 is 0 Å². The number of pyridine rings is 1. The summed E-state index contributed by atoms with van der Waals surface area (Å²) in [6.07, 6.45) is 7.22. The van der Waals surface area contributed by atoms with Crippen LogP contribution in [0.4, 0.5) is 0 Å². The highest BCUT2D eigenvalue weighted by molar-refractivity contribution is 8.82. The Morgan fingerprint density at radius 3 is 3.00 bits per heavy atom. The maximum atomic E-state index is 4.21. The SMILES string of the molecule is C=CN=C(/C=C\C)SSc1ccccn1. The molecule has 1 rings (SSSR count). The van der Waals surface area contributed by atoms with Gasteiger partial charge in [-0.25, -0.2) is 9.98 Å². The average Bonchev–Trinajstić information content (AvgIpc) is 2.28. The van der Waals surface area contributed by atoms with Gasteiger partial charge in [-0.15, -0.1) is 0 Å². The Kier molecular flexibility index (Phi) is 5.88. The van der Waals surface area contributed by atoms with Gasteiger partial charge in [0.15, 0.2) is 0 Å². The van der Waals surface area contributed by atoms with Crippen molar-refractivity contribution in [3.8, 4) is 0 Å². The molecule has 2 nitrogen and oxygen atoms in total. The molecule has 1 aromatic rings. The van der Waals surface area contributed by atoms with Gasteiger partial charge in [-0.2, -0.15) is 0 Å². The number of rotatable bonds is 4. The monoisotopic (exact) mass is 236 g/mol. The molecule has 0 aliphatic carbocycles. The molecule has 0 amide bonds. The molecule has 78 valence electrons. The Labute approximate surface area is 98.0 Å². The summed E-state index contributed by atoms with van der Waals surface area (Å²) in [6.45, 7) is 5.54. The van der Waals surface area contributed by atoms with Gasteiger partial charge in [0.25, 0.3) is 0 Å². The number of allylic oxidation sites excluding steroid dienone is 1. The number of hydrogen-bond donors (Lipinski definition) is 0. The van der Waals surface area contributed by atoms with E-state index in [2.05, 4.69) is 16.6 Å². The maximum Gasteiger partial charge on any atom is 0.107 e. The molecule has 0 aliphatic heterocycles. The predicted octanol–water partition coefficient (Wildman–Crippen LogP) is 3.94. The van der Waals surface area contributed by atoms with Crippen molar-refractivity contribution in [2.45, 2.75) is 11.9 Å². The van der Waals surface area contributed by atoms with Crippen molar-refractivity contribution in [2.24, 2.45) is 4.99 Å². The van der Waals surface area contributed by atoms with Gasteiger partial charge in [0.2, 0.25) is 0 Å². The van der Waals surface area contributed by atoms with E-state index in [-0.39, 0.29) is 0 Å². The molecule has 0 fully saturated rings. The molecule has 0 bridgehead atoms. The highest BCUT2D eigenvalue weighted by atomic mass is 33.1. The van der Waals surface area contributed by atoms with E-state index in [0.29, 0.717) is 0 Å². The molecule has 0 aliphatic rings. The molecule has 0 N–H and O–H groups in total. The Morgan fingerprint density at radius 1 is 1.53 bits per heavy atom. The van der Waals surface area contributed by atoms with E-state index in [1.807, 2.05) is 37.3 Å². The van der Waals surface area contributed by atoms with Gasteiger partial charge >= 0.3 is 0 Å². The number of hydrogen-bond acceptors (Lipinski definition) is 4. The van der Waals surface area contributed by atoms with Gasteiger partial charge in [-0.1, -0.05) is 18.7 Å². The topological polar surface area (TPSA) is 25.2 Å². The molecule has 0 saturated heterocycles. The number of nitrogens with zero attached hydrogens (tertiary/aromatic N) is 2. The van der Waals surface area contributed by atoms with Crippen LogP contribution in [0.25, 0.3) is 0 Å². The Bertz CT molecular complexity index is 358. The van der Waals surface area contributed by atoms with Crippen molar-refractivity contribution in [1.82, 2.24) is 4.98 Å². The fourth-order valence-corrected chi connectivity index (χ4v) is 2.63. The fourth-order valence-electron chi connectivity index (χ4n) is 0.807. The number of aromatic nitrogens is 1. The van der Waals surface area contributed by atoms with Gasteiger partial charge in [-0.05, 0) is 46.7 Å². The third-order valence-corrected chi connectivity index (χ3v) is 3.56. The van der Waals surface area contributed by atoms with E-state index in [4.69, 9.17) is 0 Å². The van der Waals surface area contributed by atoms with Crippen LogP contribution >= 0.6 is 21.6 Å². The third kappa shape index (κ3) is 4.85. The lowest BCUT2D eigenvalue weighted by Crippen LogP contribution is -1.82. The molecule has 4 heteroatoms. The molecule has 1 aromatic heterocycles. The van der Waals surface area contributed by atoms with E-state index in [0.717, 1.165) is 10.1 Å². The van der Waals surface area contributed by atoms with E-state index in [1.54, 1.807) is 34.0 Å². The minimum Gasteiger partial charge on any atom is -0.250 e. The quantitative estimate of drug-likeness (QED) is 0.450. The van der Waals surface area contributed by atoms with Gasteiger partial charge in [0, 0.05) is 12.4 Å². The highest BCUT2D eigenvalue weighted by Gasteiger charge is 1.98. The lowest BCUT2D eigenvalue weighted by Gasteiger charge is -1.98. The van der Waals surface area contributed by atoms with Gasteiger partial charge in [0.1, 0.15) is 10.1 Å². The summed E-state index contributed by atoms with van der Waals surface area (Å²) in [5.74, 6) is 0. The van der Waals surface area contributed by atoms with Crippen LogP contribution in [0.2, 0.25) is 0 Å². The van der Waals surface area contributed by atoms with Crippen molar-refractivity contribution in [3.63, 3.8) is 0 Å². The Morgan fingerprint density at radius 2 is 2.40 bits per heavy atom. The second-order valence-corrected chi connectivity index (χ2v) is 4.65. The van der Waals surface area contributed by atoms with Gasteiger partial charge in [-0.3, -0.25) is 0 Å². The minimum atomic E-state index is 0.920. The largest absolute Gasteiger partial charge is 0.250 e. The first-order valence-electron chi connectivity index (χ1n) is 4.43. The van der Waals surface area contributed by atoms with Crippen molar-refractivity contribution in [3.05, 3.63) is 49.3 Å². The molecule has 0 spiro atoms. The van der Waals surface area contributed by atoms with Crippen LogP contribution in [0.15, 0.2) is 59.3 Å². The lowest BCUT2D eigenvalue weighted by molar-refractivity contribution is 1.14. The summed E-state index contributed by atoms with van der Waals surface area (Å²) in [5.41, 5.74) is 0. The standard InChI is InChI=1S/C11H12N2S2/c1-3-7-10(12-4-2)14-15-11-8-5-6-9-13-11/h3-9H,2H2,1H3/b7-3-,12-10?. The number of aliphatic imine (C=N–C) groups is 1. The van der Waals surface area contributed by atoms with Crippen LogP contribution in [-0.4, -0.2) is 10.0 Å². The fraction of sp³-hybridized carbons (Fsp3) is 0.0909. The molecule has 0 atom stereocenters. The highest BCUT2D eigenvalue weighted by Crippen LogP contribution is 2.30. The van der Waals surface area contributed by atoms with Crippen LogP contribution in [0.1, 0.15) is 6.92 Å². The molecule has 0 radical (unpaired) electrons. The first-order chi connectivity index (χ1) is 7.36. The minimum absolute atomic E-state index is 0.920. The summed E-state index contributed by atoms with van der Waals surface area (Å²) in [4.78, 5) is 8.35. The molecule has 15 heavy (non-hydrogen) atoms. The first-order valence-corrected chi connectivity index (χ1v) is 6.58. The molecular weight excluding hydrogens is 224 g/mol. The maximum absolute atomic E-state index is 4.21. The molecule has 1 heterocycles. The summed E-state index contributed by atoms with van der Waals surface area (Å²) < 4.78 is 0. The van der Waals surface area contributed by atoms with E-state index >= 15 is 0 Å². The second kappa shape index (κ2) is 7.31. The smallest absolute Gasteiger partial charge is 0.107 e. The Balaban J connectivity index is 2.55. The molecule has 0 aromatic carbocycles. The zero-order valence-electron chi connectivity index (χ0n) is 8.46. The first kappa shape index (κ1) is 12.1. The van der Waals surface area contributed by atoms with Crippen LogP contribution in [0, 0.1) is 0 Å². The van der Waals surface area contributed by atoms with Crippen LogP contribution in [-0.2, 0) is 0 Å². The van der Waals surface area contributed by atoms with Gasteiger partial charge in [0.05, 0.1) is 0 Å². The summed E-state index contributed by atoms with van der Waals surface area (Å²) >= 11 is 0. The van der Waals surface area contributed by atoms with Crippen molar-refractivity contribution < 1.29 is 0 Å². The third-order valence-electron chi connectivity index (χ3n) is 1.38. The average molecular weight is 236 g/mol. The lowest BCUT2D eigenvalue weighted by atomic mass is 10.5. The zero-order chi connectivity index (χ0) is 10.9. The van der Waals surface area contributed by atoms with E-state index < -0.39 is 0 Å². The van der Waals surface area contributed by atoms with Crippen LogP contribution in [0.3, 0.4) is 0 Å². The second-order valence-electron chi connectivity index (χ2n) is 2.48. The van der Waals surface area contributed by atoms with E-state index in [1.165, 1.54) is 0 Å². The molecule has 0 unspecified atom stereocenters. The molecular formula is C11H12N2S2. The van der Waals surface area contributed by atoms with Crippen molar-refractivity contribution >= 4 is 26.6 Å². The van der Waals surface area contributed by atoms with Crippen molar-refractivity contribution in [1.29, 1.82) is 0 Å². The normalized spacial score (nSPS) is 11.9. The molecule has 0 saturated carbocycles. The van der Waals surface area contributed by atoms with Crippen LogP contribution in [0.5, 0.6) is 0 Å². The zero-order valence-corrected chi connectivity index (χ0v) is 10.1. The summed E-state index contributed by atoms with van der Waals surface area (Å²) in [7, 11) is 3.15. The van der Waals surface area contributed by atoms with Crippen molar-refractivity contribution in [2.75, 3.05) is 0 Å². The summed E-state index contributed by atoms with van der Waals surface area (Å²) in [6, 6.07) is 5.84.